The van der Waals surface area contributed by atoms with E-state index in [1.165, 1.54) is 0 Å². The second kappa shape index (κ2) is 3.77. The molecule has 1 rings (SSSR count). The molecule has 0 spiro atoms. The monoisotopic (exact) mass is 201 g/mol. The fourth-order valence-electron chi connectivity index (χ4n) is 1.53. The van der Waals surface area contributed by atoms with Crippen LogP contribution in [0.2, 0.25) is 0 Å². The van der Waals surface area contributed by atoms with Gasteiger partial charge in [0.1, 0.15) is 0 Å². The molecule has 0 radical (unpaired) electrons. The number of rotatable bonds is 1. The molecule has 0 aliphatic heterocycles. The van der Waals surface area contributed by atoms with Crippen LogP contribution in [-0.4, -0.2) is 22.5 Å². The first-order valence-electron chi connectivity index (χ1n) is 5.04. The van der Waals surface area contributed by atoms with E-state index in [1.54, 1.807) is 0 Å². The highest BCUT2D eigenvalue weighted by Crippen LogP contribution is 2.30. The van der Waals surface area contributed by atoms with Crippen LogP contribution in [0.25, 0.3) is 0 Å². The van der Waals surface area contributed by atoms with Crippen molar-refractivity contribution in [2.75, 3.05) is 0 Å². The van der Waals surface area contributed by atoms with Crippen molar-refractivity contribution in [3.05, 3.63) is 0 Å². The Balaban J connectivity index is 2.40. The highest BCUT2D eigenvalue weighted by atomic mass is 16.7. The van der Waals surface area contributed by atoms with Crippen molar-refractivity contribution in [3.63, 3.8) is 0 Å². The van der Waals surface area contributed by atoms with Crippen LogP contribution in [-0.2, 0) is 4.74 Å². The Morgan fingerprint density at radius 2 is 1.86 bits per heavy atom. The molecule has 4 heteroatoms. The maximum atomic E-state index is 11.3. The Kier molecular flexibility index (Phi) is 3.04. The fourth-order valence-corrected chi connectivity index (χ4v) is 1.53. The first-order valence-corrected chi connectivity index (χ1v) is 5.04. The molecule has 1 saturated carbocycles. The summed E-state index contributed by atoms with van der Waals surface area (Å²) in [5.41, 5.74) is -0.327. The molecule has 0 bridgehead atoms. The molecule has 0 atom stereocenters. The summed E-state index contributed by atoms with van der Waals surface area (Å²) in [5, 5.41) is 12.4. The van der Waals surface area contributed by atoms with Crippen LogP contribution < -0.4 is 5.32 Å². The van der Waals surface area contributed by atoms with E-state index >= 15 is 0 Å². The number of hydrogen-bond acceptors (Lipinski definition) is 3. The first-order chi connectivity index (χ1) is 6.31. The van der Waals surface area contributed by atoms with Gasteiger partial charge in [-0.25, -0.2) is 4.79 Å². The van der Waals surface area contributed by atoms with E-state index < -0.39 is 11.9 Å². The van der Waals surface area contributed by atoms with E-state index in [-0.39, 0.29) is 5.54 Å². The largest absolute Gasteiger partial charge is 0.417 e. The average molecular weight is 201 g/mol. The van der Waals surface area contributed by atoms with E-state index in [1.807, 2.05) is 20.8 Å². The minimum Gasteiger partial charge on any atom is -0.417 e. The second-order valence-corrected chi connectivity index (χ2v) is 4.92. The maximum Gasteiger partial charge on any atom is 0.410 e. The fraction of sp³-hybridized carbons (Fsp3) is 0.900. The molecule has 2 N–H and O–H groups in total. The molecule has 0 aromatic rings. The smallest absolute Gasteiger partial charge is 0.410 e. The Morgan fingerprint density at radius 1 is 1.36 bits per heavy atom. The lowest BCUT2D eigenvalue weighted by Crippen LogP contribution is -2.45. The lowest BCUT2D eigenvalue weighted by Gasteiger charge is -2.26. The molecule has 82 valence electrons. The molecular weight excluding hydrogens is 182 g/mol. The Hall–Kier alpha value is -0.770. The number of alkyl carbamates (subject to hydrolysis) is 1. The minimum atomic E-state index is -1.23. The molecular formula is C10H19NO3. The van der Waals surface area contributed by atoms with Gasteiger partial charge in [-0.1, -0.05) is 0 Å². The highest BCUT2D eigenvalue weighted by molar-refractivity contribution is 5.68. The van der Waals surface area contributed by atoms with Crippen molar-refractivity contribution in [2.24, 2.45) is 0 Å². The van der Waals surface area contributed by atoms with Crippen LogP contribution in [0.5, 0.6) is 0 Å². The lowest BCUT2D eigenvalue weighted by atomic mass is 10.1. The number of hydrogen-bond donors (Lipinski definition) is 2. The van der Waals surface area contributed by atoms with Crippen molar-refractivity contribution < 1.29 is 14.6 Å². The zero-order valence-electron chi connectivity index (χ0n) is 9.09. The molecule has 1 fully saturated rings. The summed E-state index contributed by atoms with van der Waals surface area (Å²) in [4.78, 5) is 11.3. The molecule has 14 heavy (non-hydrogen) atoms. The second-order valence-electron chi connectivity index (χ2n) is 4.92. The van der Waals surface area contributed by atoms with Crippen LogP contribution >= 0.6 is 0 Å². The normalized spacial score (nSPS) is 20.6. The summed E-state index contributed by atoms with van der Waals surface area (Å²) in [6.07, 6.45) is 2.38. The van der Waals surface area contributed by atoms with Gasteiger partial charge in [0.2, 0.25) is 5.79 Å². The van der Waals surface area contributed by atoms with Gasteiger partial charge in [-0.2, -0.15) is 0 Å². The highest BCUT2D eigenvalue weighted by Gasteiger charge is 2.35. The number of carbonyl (C=O) groups excluding carboxylic acids is 1. The standard InChI is InChI=1S/C10H19NO3/c1-9(2,3)11-8(12)14-10(13)6-4-5-7-10/h13H,4-7H2,1-3H3,(H,11,12). The van der Waals surface area contributed by atoms with Crippen LogP contribution in [0.3, 0.4) is 0 Å². The Labute approximate surface area is 84.6 Å². The van der Waals surface area contributed by atoms with Gasteiger partial charge in [-0.3, -0.25) is 0 Å². The number of nitrogens with one attached hydrogen (secondary N) is 1. The van der Waals surface area contributed by atoms with Crippen LogP contribution in [0.15, 0.2) is 0 Å². The Bertz CT molecular complexity index is 214. The van der Waals surface area contributed by atoms with Gasteiger partial charge in [0.15, 0.2) is 0 Å². The van der Waals surface area contributed by atoms with Crippen LogP contribution in [0, 0.1) is 0 Å². The summed E-state index contributed by atoms with van der Waals surface area (Å²) in [7, 11) is 0. The Morgan fingerprint density at radius 3 is 2.29 bits per heavy atom. The van der Waals surface area contributed by atoms with E-state index in [0.29, 0.717) is 12.8 Å². The van der Waals surface area contributed by atoms with Crippen molar-refractivity contribution in [1.82, 2.24) is 5.32 Å². The predicted molar refractivity (Wildman–Crippen MR) is 52.8 cm³/mol. The van der Waals surface area contributed by atoms with Gasteiger partial charge in [0.25, 0.3) is 0 Å². The average Bonchev–Trinajstić information content (AvgIpc) is 2.30. The zero-order chi connectivity index (χ0) is 10.8. The number of aliphatic hydroxyl groups is 1. The van der Waals surface area contributed by atoms with Crippen molar-refractivity contribution in [2.45, 2.75) is 57.8 Å². The van der Waals surface area contributed by atoms with Crippen molar-refractivity contribution in [3.8, 4) is 0 Å². The molecule has 0 heterocycles. The topological polar surface area (TPSA) is 58.6 Å². The summed E-state index contributed by atoms with van der Waals surface area (Å²) in [6.45, 7) is 5.60. The molecule has 1 aliphatic rings. The number of carbonyl (C=O) groups is 1. The predicted octanol–water partition coefficient (Wildman–Crippen LogP) is 1.77. The van der Waals surface area contributed by atoms with Crippen molar-refractivity contribution in [1.29, 1.82) is 0 Å². The third-order valence-electron chi connectivity index (χ3n) is 2.14. The molecule has 0 unspecified atom stereocenters. The first kappa shape index (κ1) is 11.3. The molecule has 1 amide bonds. The molecule has 4 nitrogen and oxygen atoms in total. The number of ether oxygens (including phenoxy) is 1. The SMILES string of the molecule is CC(C)(C)NC(=O)OC1(O)CCCC1. The van der Waals surface area contributed by atoms with Crippen molar-refractivity contribution >= 4 is 6.09 Å². The van der Waals surface area contributed by atoms with Crippen LogP contribution in [0.4, 0.5) is 4.79 Å². The van der Waals surface area contributed by atoms with E-state index in [4.69, 9.17) is 4.74 Å². The number of amides is 1. The van der Waals surface area contributed by atoms with Gasteiger partial charge < -0.3 is 15.2 Å². The van der Waals surface area contributed by atoms with E-state index in [2.05, 4.69) is 5.32 Å². The third kappa shape index (κ3) is 3.54. The molecule has 0 aromatic carbocycles. The molecule has 0 saturated heterocycles. The zero-order valence-corrected chi connectivity index (χ0v) is 9.09. The van der Waals surface area contributed by atoms with Gasteiger partial charge in [-0.05, 0) is 33.6 Å². The van der Waals surface area contributed by atoms with Gasteiger partial charge in [-0.15, -0.1) is 0 Å². The quantitative estimate of drug-likeness (QED) is 0.636. The van der Waals surface area contributed by atoms with Gasteiger partial charge in [0, 0.05) is 18.4 Å². The lowest BCUT2D eigenvalue weighted by molar-refractivity contribution is -0.155. The van der Waals surface area contributed by atoms with E-state index in [0.717, 1.165) is 12.8 Å². The summed E-state index contributed by atoms with van der Waals surface area (Å²) in [6, 6.07) is 0. The molecule has 0 aromatic heterocycles. The van der Waals surface area contributed by atoms with Crippen LogP contribution in [0.1, 0.15) is 46.5 Å². The van der Waals surface area contributed by atoms with Gasteiger partial charge in [0.05, 0.1) is 0 Å². The summed E-state index contributed by atoms with van der Waals surface area (Å²) in [5.74, 6) is -1.23. The maximum absolute atomic E-state index is 11.3. The van der Waals surface area contributed by atoms with Gasteiger partial charge >= 0.3 is 6.09 Å². The minimum absolute atomic E-state index is 0.327. The molecule has 1 aliphatic carbocycles. The summed E-state index contributed by atoms with van der Waals surface area (Å²) < 4.78 is 4.98. The summed E-state index contributed by atoms with van der Waals surface area (Å²) >= 11 is 0. The third-order valence-corrected chi connectivity index (χ3v) is 2.14. The van der Waals surface area contributed by atoms with E-state index in [9.17, 15) is 9.90 Å².